The van der Waals surface area contributed by atoms with E-state index in [1.165, 1.54) is 173 Å². The molecule has 0 aromatic carbocycles. The largest absolute Gasteiger partial charge is 0.0654 e. The second-order valence-corrected chi connectivity index (χ2v) is 28.5. The van der Waals surface area contributed by atoms with Crippen molar-refractivity contribution >= 4 is 0 Å². The lowest BCUT2D eigenvalue weighted by molar-refractivity contribution is 0.283. The molecule has 0 saturated heterocycles. The van der Waals surface area contributed by atoms with Crippen LogP contribution in [0.3, 0.4) is 0 Å². The Morgan fingerprint density at radius 3 is 0.929 bits per heavy atom. The molecule has 0 nitrogen and oxygen atoms in total. The molecule has 7 atom stereocenters. The molecule has 70 heavy (non-hydrogen) atoms. The first kappa shape index (κ1) is 78.9. The molecule has 0 aromatic heterocycles. The Hall–Kier alpha value is 0. The third kappa shape index (κ3) is 55.7. The van der Waals surface area contributed by atoms with Crippen LogP contribution in [-0.4, -0.2) is 0 Å². The fourth-order valence-electron chi connectivity index (χ4n) is 8.77. The van der Waals surface area contributed by atoms with Gasteiger partial charge in [-0.05, 0) is 107 Å². The van der Waals surface area contributed by atoms with Crippen LogP contribution in [-0.2, 0) is 0 Å². The topological polar surface area (TPSA) is 0 Å². The Bertz CT molecular complexity index is 930. The molecular weight excluding hydrogens is 841 g/mol. The monoisotopic (exact) mass is 991 g/mol. The van der Waals surface area contributed by atoms with E-state index in [0.717, 1.165) is 71.0 Å². The molecule has 5 unspecified atom stereocenters. The summed E-state index contributed by atoms with van der Waals surface area (Å²) in [5.74, 6) is 11.5. The summed E-state index contributed by atoms with van der Waals surface area (Å²) in [7, 11) is 0. The highest BCUT2D eigenvalue weighted by Crippen LogP contribution is 2.36. The van der Waals surface area contributed by atoms with Crippen molar-refractivity contribution in [1.29, 1.82) is 0 Å². The van der Waals surface area contributed by atoms with Gasteiger partial charge in [0.25, 0.3) is 0 Å². The van der Waals surface area contributed by atoms with E-state index in [9.17, 15) is 0 Å². The van der Waals surface area contributed by atoms with Gasteiger partial charge < -0.3 is 0 Å². The predicted octanol–water partition coefficient (Wildman–Crippen LogP) is 26.4. The second kappa shape index (κ2) is 48.6. The minimum Gasteiger partial charge on any atom is -0.0654 e. The van der Waals surface area contributed by atoms with Crippen molar-refractivity contribution in [1.82, 2.24) is 0 Å². The summed E-state index contributed by atoms with van der Waals surface area (Å²) in [5, 5.41) is 0. The highest BCUT2D eigenvalue weighted by Gasteiger charge is 2.22. The molecule has 0 N–H and O–H groups in total. The van der Waals surface area contributed by atoms with E-state index >= 15 is 0 Å². The highest BCUT2D eigenvalue weighted by atomic mass is 14.3. The molecule has 5 aliphatic rings. The number of hydrogen-bond acceptors (Lipinski definition) is 0. The summed E-state index contributed by atoms with van der Waals surface area (Å²) < 4.78 is 0. The zero-order valence-corrected chi connectivity index (χ0v) is 55.5. The maximum Gasteiger partial charge on any atom is -0.0354 e. The van der Waals surface area contributed by atoms with Crippen molar-refractivity contribution in [2.45, 2.75) is 367 Å². The third-order valence-corrected chi connectivity index (χ3v) is 18.8. The molecule has 0 aliphatic heterocycles. The molecule has 430 valence electrons. The molecule has 5 rings (SSSR count). The van der Waals surface area contributed by atoms with E-state index in [0.29, 0.717) is 16.2 Å². The first-order valence-electron chi connectivity index (χ1n) is 32.4. The van der Waals surface area contributed by atoms with Crippen molar-refractivity contribution in [2.24, 2.45) is 87.3 Å². The highest BCUT2D eigenvalue weighted by molar-refractivity contribution is 4.74. The van der Waals surface area contributed by atoms with Gasteiger partial charge in [-0.3, -0.25) is 0 Å². The number of hydrogen-bond donors (Lipinski definition) is 0. The minimum absolute atomic E-state index is 0.500. The lowest BCUT2D eigenvalue weighted by Crippen LogP contribution is -2.12. The van der Waals surface area contributed by atoms with Crippen LogP contribution in [0.1, 0.15) is 367 Å². The van der Waals surface area contributed by atoms with Gasteiger partial charge >= 0.3 is 0 Å². The lowest BCUT2D eigenvalue weighted by atomic mass is 9.84. The maximum atomic E-state index is 2.36. The Labute approximate surface area is 452 Å². The Kier molecular flexibility index (Phi) is 54.8. The van der Waals surface area contributed by atoms with Crippen LogP contribution in [0.5, 0.6) is 0 Å². The van der Waals surface area contributed by atoms with E-state index in [1.54, 1.807) is 0 Å². The Morgan fingerprint density at radius 1 is 0.443 bits per heavy atom. The Morgan fingerprint density at radius 2 is 0.814 bits per heavy atom. The van der Waals surface area contributed by atoms with Crippen LogP contribution in [0.25, 0.3) is 0 Å². The summed E-state index contributed by atoms with van der Waals surface area (Å²) >= 11 is 0. The van der Waals surface area contributed by atoms with Crippen LogP contribution in [0.2, 0.25) is 0 Å². The molecule has 0 aromatic rings. The molecule has 0 spiro atoms. The maximum absolute atomic E-state index is 2.36. The summed E-state index contributed by atoms with van der Waals surface area (Å²) in [6.45, 7) is 64.1. The fraction of sp³-hybridized carbons (Fsp3) is 1.00. The Balaban J connectivity index is -0.000000224. The molecule has 0 radical (unpaired) electrons. The average Bonchev–Trinajstić information content (AvgIpc) is 4.15. The van der Waals surface area contributed by atoms with Crippen LogP contribution in [0.4, 0.5) is 0 Å². The zero-order valence-electron chi connectivity index (χ0n) is 55.5. The third-order valence-electron chi connectivity index (χ3n) is 18.8. The molecule has 5 saturated carbocycles. The van der Waals surface area contributed by atoms with E-state index in [2.05, 4.69) is 194 Å². The van der Waals surface area contributed by atoms with Crippen LogP contribution >= 0.6 is 0 Å². The molecule has 0 amide bonds. The second-order valence-electron chi connectivity index (χ2n) is 28.5. The van der Waals surface area contributed by atoms with Gasteiger partial charge in [-0.15, -0.1) is 0 Å². The van der Waals surface area contributed by atoms with Crippen molar-refractivity contribution in [3.05, 3.63) is 0 Å². The molecule has 5 fully saturated rings. The molecular formula is C70H150. The molecule has 0 bridgehead atoms. The van der Waals surface area contributed by atoms with Gasteiger partial charge in [-0.2, -0.15) is 0 Å². The van der Waals surface area contributed by atoms with Gasteiger partial charge in [0.1, 0.15) is 0 Å². The molecule has 0 heterocycles. The van der Waals surface area contributed by atoms with E-state index in [1.807, 2.05) is 0 Å². The summed E-state index contributed by atoms with van der Waals surface area (Å²) in [6, 6.07) is 0. The number of rotatable bonds is 10. The van der Waals surface area contributed by atoms with E-state index in [-0.39, 0.29) is 0 Å². The van der Waals surface area contributed by atoms with Crippen LogP contribution in [0, 0.1) is 87.3 Å². The first-order valence-corrected chi connectivity index (χ1v) is 32.4. The molecule has 5 aliphatic carbocycles. The van der Waals surface area contributed by atoms with Gasteiger partial charge in [0, 0.05) is 0 Å². The van der Waals surface area contributed by atoms with Gasteiger partial charge in [0.05, 0.1) is 0 Å². The van der Waals surface area contributed by atoms with Gasteiger partial charge in [-0.25, -0.2) is 0 Å². The average molecular weight is 992 g/mol. The van der Waals surface area contributed by atoms with E-state index < -0.39 is 0 Å². The van der Waals surface area contributed by atoms with Crippen molar-refractivity contribution < 1.29 is 0 Å². The zero-order chi connectivity index (χ0) is 55.5. The minimum atomic E-state index is 0.500. The van der Waals surface area contributed by atoms with Crippen molar-refractivity contribution in [2.75, 3.05) is 0 Å². The fourth-order valence-corrected chi connectivity index (χ4v) is 8.77. The lowest BCUT2D eigenvalue weighted by Gasteiger charge is -2.22. The quantitative estimate of drug-likeness (QED) is 0.205. The van der Waals surface area contributed by atoms with Gasteiger partial charge in [0.15, 0.2) is 0 Å². The standard InChI is InChI=1S/5C7H14.5C7H16/c1-6-3-4-7(2)5-6;1-7(2)5-3-4-6-7;1-6-4-3-5-7(6)2;1-7-5-3-2-4-6-7;1-2-7-5-3-4-6-7;1-6(2)7(3,4)5;1-5-7(3,4)6-2;2*1-5-7(4)6(2)3;1-4-6-7(3)5-2/h6-7H,3-5H2,1-2H3;3-6H2,1-2H3;6-7H,3-5H2,1-2H3;2*7H,2-6H2,1H3;6H,1-5H3;5-6H2,1-4H3;2*6-7H,5H2,1-4H3;7H,4-6H2,1-3H3/t6-,7?;;6-,7?;;;;;;;/m1.1......./s1. The molecule has 0 heteroatoms. The SMILES string of the molecule is CC(C)C(C)(C)C.CC1(C)CCCC1.CC1CCCCC1.CC1CCC[C@H]1C.CC1CC[C@@H](C)C1.CCC(C)(C)CC.CCC(C)C(C)C.CCC(C)C(C)C.CCC1CCCC1.CCCC(C)CC. The van der Waals surface area contributed by atoms with Gasteiger partial charge in [0.2, 0.25) is 0 Å². The van der Waals surface area contributed by atoms with E-state index in [4.69, 9.17) is 0 Å². The summed E-state index contributed by atoms with van der Waals surface area (Å²) in [4.78, 5) is 0. The van der Waals surface area contributed by atoms with Crippen molar-refractivity contribution in [3.63, 3.8) is 0 Å². The smallest absolute Gasteiger partial charge is 0.0354 e. The van der Waals surface area contributed by atoms with Crippen LogP contribution in [0.15, 0.2) is 0 Å². The predicted molar refractivity (Wildman–Crippen MR) is 333 cm³/mol. The normalized spacial score (nSPS) is 23.0. The summed E-state index contributed by atoms with van der Waals surface area (Å²) in [5.41, 5.74) is 1.78. The first-order chi connectivity index (χ1) is 32.4. The van der Waals surface area contributed by atoms with Crippen molar-refractivity contribution in [3.8, 4) is 0 Å². The van der Waals surface area contributed by atoms with Crippen LogP contribution < -0.4 is 0 Å². The summed E-state index contributed by atoms with van der Waals surface area (Å²) in [6.07, 6.45) is 38.9. The van der Waals surface area contributed by atoms with Gasteiger partial charge in [-0.1, -0.05) is 348 Å².